The Labute approximate surface area is 118 Å². The molecule has 0 aromatic heterocycles. The van der Waals surface area contributed by atoms with Crippen LogP contribution in [0.15, 0.2) is 60.7 Å². The average Bonchev–Trinajstić information content (AvgIpc) is 3.25. The lowest BCUT2D eigenvalue weighted by atomic mass is 10.1. The molecule has 1 heterocycles. The second-order valence-electron chi connectivity index (χ2n) is 4.80. The fourth-order valence-corrected chi connectivity index (χ4v) is 2.62. The Morgan fingerprint density at radius 2 is 1.65 bits per heavy atom. The zero-order chi connectivity index (χ0) is 13.9. The van der Waals surface area contributed by atoms with Gasteiger partial charge in [-0.25, -0.2) is 4.79 Å². The Hall–Kier alpha value is -2.29. The Morgan fingerprint density at radius 3 is 2.25 bits per heavy atom. The van der Waals surface area contributed by atoms with Crippen molar-refractivity contribution in [3.8, 4) is 0 Å². The van der Waals surface area contributed by atoms with Gasteiger partial charge in [-0.2, -0.15) is 0 Å². The lowest BCUT2D eigenvalue weighted by Gasteiger charge is -2.05. The van der Waals surface area contributed by atoms with Crippen LogP contribution in [0.4, 0.5) is 5.69 Å². The summed E-state index contributed by atoms with van der Waals surface area (Å²) < 4.78 is 5.19. The first-order chi connectivity index (χ1) is 9.83. The number of nitrogens with zero attached hydrogens (tertiary/aromatic N) is 1. The highest BCUT2D eigenvalue weighted by Gasteiger charge is 2.54. The minimum absolute atomic E-state index is 0.0812. The second-order valence-corrected chi connectivity index (χ2v) is 4.80. The molecule has 20 heavy (non-hydrogen) atoms. The zero-order valence-corrected chi connectivity index (χ0v) is 11.4. The first kappa shape index (κ1) is 12.7. The summed E-state index contributed by atoms with van der Waals surface area (Å²) in [6.07, 6.45) is 0. The Kier molecular flexibility index (Phi) is 3.42. The number of para-hydroxylation sites is 1. The summed E-state index contributed by atoms with van der Waals surface area (Å²) >= 11 is 0. The predicted octanol–water partition coefficient (Wildman–Crippen LogP) is 3.18. The van der Waals surface area contributed by atoms with Crippen molar-refractivity contribution >= 4 is 11.7 Å². The molecule has 1 aliphatic rings. The van der Waals surface area contributed by atoms with Gasteiger partial charge in [-0.15, -0.1) is 0 Å². The summed E-state index contributed by atoms with van der Waals surface area (Å²) in [4.78, 5) is 14.2. The molecule has 1 fully saturated rings. The highest BCUT2D eigenvalue weighted by molar-refractivity contribution is 5.88. The third kappa shape index (κ3) is 2.27. The predicted molar refractivity (Wildman–Crippen MR) is 78.5 cm³/mol. The van der Waals surface area contributed by atoms with Crippen molar-refractivity contribution in [2.75, 3.05) is 11.5 Å². The van der Waals surface area contributed by atoms with Crippen molar-refractivity contribution in [1.82, 2.24) is 0 Å². The number of anilines is 1. The number of benzene rings is 2. The molecule has 1 saturated heterocycles. The number of hydrogen-bond acceptors (Lipinski definition) is 3. The van der Waals surface area contributed by atoms with Crippen LogP contribution in [0.5, 0.6) is 0 Å². The molecule has 0 saturated carbocycles. The molecule has 0 unspecified atom stereocenters. The summed E-state index contributed by atoms with van der Waals surface area (Å²) in [7, 11) is 0. The number of esters is 1. The van der Waals surface area contributed by atoms with Gasteiger partial charge >= 0.3 is 5.97 Å². The molecule has 102 valence electrons. The van der Waals surface area contributed by atoms with E-state index in [9.17, 15) is 4.79 Å². The molecule has 3 rings (SSSR count). The van der Waals surface area contributed by atoms with Gasteiger partial charge in [0.25, 0.3) is 0 Å². The first-order valence-corrected chi connectivity index (χ1v) is 6.88. The number of rotatable bonds is 4. The number of carbonyl (C=O) groups excluding carboxylic acids is 1. The summed E-state index contributed by atoms with van der Waals surface area (Å²) in [6.45, 7) is 2.25. The molecule has 2 aromatic carbocycles. The zero-order valence-electron chi connectivity index (χ0n) is 11.4. The van der Waals surface area contributed by atoms with E-state index in [4.69, 9.17) is 4.74 Å². The molecule has 2 atom stereocenters. The van der Waals surface area contributed by atoms with Crippen LogP contribution in [-0.2, 0) is 9.53 Å². The van der Waals surface area contributed by atoms with Crippen LogP contribution in [0.2, 0.25) is 0 Å². The van der Waals surface area contributed by atoms with Crippen LogP contribution in [0.25, 0.3) is 0 Å². The van der Waals surface area contributed by atoms with E-state index < -0.39 is 0 Å². The standard InChI is InChI=1S/C17H17NO2/c1-2-20-17(19)16-15(13-9-5-3-6-10-13)18(16)14-11-7-4-8-12-14/h3-12,15-16H,2H2,1H3/t15-,16+,18?/m0/s1. The van der Waals surface area contributed by atoms with E-state index in [1.54, 1.807) is 0 Å². The van der Waals surface area contributed by atoms with Gasteiger partial charge < -0.3 is 9.64 Å². The Morgan fingerprint density at radius 1 is 1.05 bits per heavy atom. The van der Waals surface area contributed by atoms with E-state index in [0.29, 0.717) is 6.61 Å². The maximum absolute atomic E-state index is 12.1. The van der Waals surface area contributed by atoms with Gasteiger partial charge in [-0.3, -0.25) is 0 Å². The summed E-state index contributed by atoms with van der Waals surface area (Å²) in [5.41, 5.74) is 2.20. The molecule has 0 N–H and O–H groups in total. The molecule has 0 bridgehead atoms. The van der Waals surface area contributed by atoms with Crippen LogP contribution in [0.3, 0.4) is 0 Å². The summed E-state index contributed by atoms with van der Waals surface area (Å²) in [5.74, 6) is -0.148. The lowest BCUT2D eigenvalue weighted by Crippen LogP contribution is -2.15. The second kappa shape index (κ2) is 5.37. The van der Waals surface area contributed by atoms with E-state index >= 15 is 0 Å². The molecular weight excluding hydrogens is 250 g/mol. The molecule has 3 heteroatoms. The maximum atomic E-state index is 12.1. The Bertz CT molecular complexity index is 537. The molecule has 0 aliphatic carbocycles. The SMILES string of the molecule is CCOC(=O)[C@H]1[C@H](c2ccccc2)N1c1ccccc1. The highest BCUT2D eigenvalue weighted by atomic mass is 16.5. The monoisotopic (exact) mass is 267 g/mol. The van der Waals surface area contributed by atoms with Crippen molar-refractivity contribution in [3.05, 3.63) is 66.2 Å². The van der Waals surface area contributed by atoms with Crippen LogP contribution < -0.4 is 4.90 Å². The molecule has 1 aliphatic heterocycles. The third-order valence-electron chi connectivity index (χ3n) is 3.53. The van der Waals surface area contributed by atoms with Crippen molar-refractivity contribution in [3.63, 3.8) is 0 Å². The lowest BCUT2D eigenvalue weighted by molar-refractivity contribution is -0.142. The van der Waals surface area contributed by atoms with Crippen molar-refractivity contribution in [2.24, 2.45) is 0 Å². The smallest absolute Gasteiger partial charge is 0.331 e. The summed E-state index contributed by atoms with van der Waals surface area (Å²) in [5, 5.41) is 0. The maximum Gasteiger partial charge on any atom is 0.331 e. The van der Waals surface area contributed by atoms with E-state index in [2.05, 4.69) is 17.0 Å². The third-order valence-corrected chi connectivity index (χ3v) is 3.53. The molecule has 0 amide bonds. The molecular formula is C17H17NO2. The van der Waals surface area contributed by atoms with Crippen molar-refractivity contribution < 1.29 is 9.53 Å². The minimum atomic E-state index is -0.209. The summed E-state index contributed by atoms with van der Waals surface area (Å²) in [6, 6.07) is 20.0. The number of carbonyl (C=O) groups is 1. The molecule has 0 spiro atoms. The van der Waals surface area contributed by atoms with Gasteiger partial charge in [0.15, 0.2) is 6.04 Å². The largest absolute Gasteiger partial charge is 0.464 e. The van der Waals surface area contributed by atoms with Crippen LogP contribution in [-0.4, -0.2) is 18.6 Å². The average molecular weight is 267 g/mol. The molecule has 3 nitrogen and oxygen atoms in total. The van der Waals surface area contributed by atoms with Gasteiger partial charge in [0.1, 0.15) is 0 Å². The Balaban J connectivity index is 1.89. The fraction of sp³-hybridized carbons (Fsp3) is 0.235. The van der Waals surface area contributed by atoms with Gasteiger partial charge in [-0.1, -0.05) is 48.5 Å². The van der Waals surface area contributed by atoms with Crippen molar-refractivity contribution in [1.29, 1.82) is 0 Å². The van der Waals surface area contributed by atoms with Gasteiger partial charge in [0.05, 0.1) is 12.6 Å². The topological polar surface area (TPSA) is 29.3 Å². The van der Waals surface area contributed by atoms with Crippen LogP contribution in [0, 0.1) is 0 Å². The quantitative estimate of drug-likeness (QED) is 0.629. The van der Waals surface area contributed by atoms with Gasteiger partial charge in [-0.05, 0) is 24.6 Å². The normalized spacial score (nSPS) is 20.6. The van der Waals surface area contributed by atoms with Gasteiger partial charge in [0, 0.05) is 5.69 Å². The highest BCUT2D eigenvalue weighted by Crippen LogP contribution is 2.47. The fourth-order valence-electron chi connectivity index (χ4n) is 2.62. The molecule has 2 aromatic rings. The van der Waals surface area contributed by atoms with Crippen LogP contribution >= 0.6 is 0 Å². The van der Waals surface area contributed by atoms with Gasteiger partial charge in [0.2, 0.25) is 0 Å². The van der Waals surface area contributed by atoms with E-state index in [1.807, 2.05) is 55.5 Å². The first-order valence-electron chi connectivity index (χ1n) is 6.88. The van der Waals surface area contributed by atoms with E-state index in [0.717, 1.165) is 11.3 Å². The van der Waals surface area contributed by atoms with E-state index in [-0.39, 0.29) is 18.1 Å². The molecule has 0 radical (unpaired) electrons. The van der Waals surface area contributed by atoms with Crippen molar-refractivity contribution in [2.45, 2.75) is 19.0 Å². The van der Waals surface area contributed by atoms with E-state index in [1.165, 1.54) is 0 Å². The number of hydrogen-bond donors (Lipinski definition) is 0. The minimum Gasteiger partial charge on any atom is -0.464 e. The van der Waals surface area contributed by atoms with Crippen LogP contribution in [0.1, 0.15) is 18.5 Å². The number of ether oxygens (including phenoxy) is 1.